The SMILES string of the molecule is CCNc1c(CNc2c(F)c(CC)cc(CC)c2F)cnc2c1cc(CN1CCOCC1)n2P. The molecule has 3 heterocycles. The number of hydrogen-bond donors (Lipinski definition) is 2. The van der Waals surface area contributed by atoms with Crippen LogP contribution in [0.4, 0.5) is 20.2 Å². The number of nitrogens with one attached hydrogen (secondary N) is 2. The summed E-state index contributed by atoms with van der Waals surface area (Å²) in [7, 11) is 2.76. The van der Waals surface area contributed by atoms with Crippen LogP contribution in [0.5, 0.6) is 0 Å². The number of morpholine rings is 1. The summed E-state index contributed by atoms with van der Waals surface area (Å²) < 4.78 is 37.5. The molecule has 1 unspecified atom stereocenters. The molecule has 34 heavy (non-hydrogen) atoms. The molecular weight excluding hydrogens is 455 g/mol. The van der Waals surface area contributed by atoms with Crippen LogP contribution in [0.2, 0.25) is 0 Å². The molecule has 1 atom stereocenters. The lowest BCUT2D eigenvalue weighted by Crippen LogP contribution is -2.35. The highest BCUT2D eigenvalue weighted by Crippen LogP contribution is 2.33. The third-order valence-electron chi connectivity index (χ3n) is 6.43. The Hall–Kier alpha value is -2.28. The standard InChI is InChI=1S/C25H34F2N5OP/c1-4-16-11-17(5-2)22(27)24(21(16)26)29-13-18-14-30-25-20(23(18)28-6-3)12-19(32(25)34)15-31-7-9-33-10-8-31/h11-12,14,29H,4-10,13,15,34H2,1-3H3,(H,28,30). The second-order valence-corrected chi connectivity index (χ2v) is 9.10. The van der Waals surface area contributed by atoms with Crippen molar-refractivity contribution in [2.75, 3.05) is 43.5 Å². The minimum atomic E-state index is -0.514. The van der Waals surface area contributed by atoms with E-state index in [-0.39, 0.29) is 12.2 Å². The zero-order valence-corrected chi connectivity index (χ0v) is 21.3. The third kappa shape index (κ3) is 4.90. The van der Waals surface area contributed by atoms with Gasteiger partial charge >= 0.3 is 0 Å². The van der Waals surface area contributed by atoms with Gasteiger partial charge in [-0.2, -0.15) is 0 Å². The number of benzene rings is 1. The summed E-state index contributed by atoms with van der Waals surface area (Å²) in [4.78, 5) is 7.06. The van der Waals surface area contributed by atoms with Crippen LogP contribution >= 0.6 is 9.39 Å². The van der Waals surface area contributed by atoms with Gasteiger partial charge in [-0.25, -0.2) is 13.8 Å². The van der Waals surface area contributed by atoms with Gasteiger partial charge in [-0.05, 0) is 52.4 Å². The van der Waals surface area contributed by atoms with Crippen LogP contribution in [0.25, 0.3) is 11.0 Å². The average molecular weight is 490 g/mol. The van der Waals surface area contributed by atoms with Gasteiger partial charge in [-0.15, -0.1) is 0 Å². The van der Waals surface area contributed by atoms with Crippen LogP contribution in [-0.2, 0) is 30.7 Å². The first-order chi connectivity index (χ1) is 16.5. The molecule has 1 aromatic carbocycles. The molecule has 6 nitrogen and oxygen atoms in total. The molecule has 3 aromatic rings. The first-order valence-electron chi connectivity index (χ1n) is 12.0. The number of hydrogen-bond acceptors (Lipinski definition) is 5. The highest BCUT2D eigenvalue weighted by molar-refractivity contribution is 7.15. The lowest BCUT2D eigenvalue weighted by atomic mass is 10.0. The van der Waals surface area contributed by atoms with E-state index in [9.17, 15) is 8.78 Å². The lowest BCUT2D eigenvalue weighted by molar-refractivity contribution is 0.0336. The molecular formula is C25H34F2N5OP. The Morgan fingerprint density at radius 3 is 2.26 bits per heavy atom. The fourth-order valence-corrected chi connectivity index (χ4v) is 4.86. The van der Waals surface area contributed by atoms with Crippen molar-refractivity contribution < 1.29 is 13.5 Å². The lowest BCUT2D eigenvalue weighted by Gasteiger charge is -2.26. The van der Waals surface area contributed by atoms with Crippen molar-refractivity contribution in [3.63, 3.8) is 0 Å². The number of fused-ring (bicyclic) bond motifs is 1. The molecule has 1 aliphatic rings. The Kier molecular flexibility index (Phi) is 8.02. The molecule has 0 spiro atoms. The Labute approximate surface area is 202 Å². The van der Waals surface area contributed by atoms with Crippen molar-refractivity contribution in [2.45, 2.75) is 46.7 Å². The molecule has 1 aliphatic heterocycles. The summed E-state index contributed by atoms with van der Waals surface area (Å²) in [5.74, 6) is -1.03. The summed E-state index contributed by atoms with van der Waals surface area (Å²) in [5, 5.41) is 7.48. The van der Waals surface area contributed by atoms with Crippen LogP contribution in [0.15, 0.2) is 18.3 Å². The first-order valence-corrected chi connectivity index (χ1v) is 12.5. The molecule has 4 rings (SSSR count). The Morgan fingerprint density at radius 2 is 1.65 bits per heavy atom. The number of pyridine rings is 1. The summed E-state index contributed by atoms with van der Waals surface area (Å²) in [6.45, 7) is 10.9. The van der Waals surface area contributed by atoms with Crippen molar-refractivity contribution in [2.24, 2.45) is 0 Å². The van der Waals surface area contributed by atoms with Gasteiger partial charge in [0.1, 0.15) is 11.3 Å². The molecule has 2 aromatic heterocycles. The van der Waals surface area contributed by atoms with E-state index >= 15 is 0 Å². The zero-order chi connectivity index (χ0) is 24.2. The Morgan fingerprint density at radius 1 is 0.971 bits per heavy atom. The van der Waals surface area contributed by atoms with Crippen molar-refractivity contribution in [3.05, 3.63) is 52.3 Å². The van der Waals surface area contributed by atoms with Crippen molar-refractivity contribution in [1.29, 1.82) is 0 Å². The van der Waals surface area contributed by atoms with E-state index in [0.717, 1.165) is 67.4 Å². The van der Waals surface area contributed by atoms with E-state index in [1.807, 2.05) is 25.1 Å². The van der Waals surface area contributed by atoms with Gasteiger partial charge in [0.15, 0.2) is 11.6 Å². The van der Waals surface area contributed by atoms with E-state index in [1.165, 1.54) is 0 Å². The molecule has 9 heteroatoms. The van der Waals surface area contributed by atoms with Gasteiger partial charge in [0.2, 0.25) is 0 Å². The predicted molar refractivity (Wildman–Crippen MR) is 138 cm³/mol. The first kappa shape index (κ1) is 24.8. The van der Waals surface area contributed by atoms with Crippen LogP contribution in [-0.4, -0.2) is 47.1 Å². The van der Waals surface area contributed by atoms with E-state index < -0.39 is 11.6 Å². The minimum Gasteiger partial charge on any atom is -0.384 e. The smallest absolute Gasteiger partial charge is 0.152 e. The zero-order valence-electron chi connectivity index (χ0n) is 20.2. The molecule has 1 saturated heterocycles. The van der Waals surface area contributed by atoms with Crippen LogP contribution in [0, 0.1) is 11.6 Å². The van der Waals surface area contributed by atoms with Gasteiger partial charge in [0, 0.05) is 55.6 Å². The number of ether oxygens (including phenoxy) is 1. The molecule has 0 aliphatic carbocycles. The van der Waals surface area contributed by atoms with E-state index in [0.29, 0.717) is 24.0 Å². The van der Waals surface area contributed by atoms with E-state index in [1.54, 1.807) is 12.3 Å². The fourth-order valence-electron chi connectivity index (χ4n) is 4.50. The largest absolute Gasteiger partial charge is 0.384 e. The maximum Gasteiger partial charge on any atom is 0.152 e. The van der Waals surface area contributed by atoms with Gasteiger partial charge in [-0.3, -0.25) is 4.90 Å². The van der Waals surface area contributed by atoms with Gasteiger partial charge < -0.3 is 19.7 Å². The highest BCUT2D eigenvalue weighted by Gasteiger charge is 2.20. The molecule has 0 saturated carbocycles. The monoisotopic (exact) mass is 489 g/mol. The van der Waals surface area contributed by atoms with Crippen LogP contribution < -0.4 is 10.6 Å². The molecule has 0 amide bonds. The summed E-state index contributed by atoms with van der Waals surface area (Å²) in [6, 6.07) is 3.78. The highest BCUT2D eigenvalue weighted by atomic mass is 31.0. The predicted octanol–water partition coefficient (Wildman–Crippen LogP) is 4.95. The number of aromatic nitrogens is 2. The second-order valence-electron chi connectivity index (χ2n) is 8.58. The molecule has 0 radical (unpaired) electrons. The van der Waals surface area contributed by atoms with Gasteiger partial charge in [0.25, 0.3) is 0 Å². The quantitative estimate of drug-likeness (QED) is 0.417. The van der Waals surface area contributed by atoms with E-state index in [2.05, 4.69) is 31.0 Å². The van der Waals surface area contributed by atoms with Crippen LogP contribution in [0.1, 0.15) is 43.2 Å². The summed E-state index contributed by atoms with van der Waals surface area (Å²) in [6.07, 6.45) is 2.81. The molecule has 2 N–H and O–H groups in total. The number of anilines is 2. The second kappa shape index (κ2) is 11.0. The Bertz CT molecular complexity index is 1130. The maximum absolute atomic E-state index is 15.0. The topological polar surface area (TPSA) is 54.4 Å². The van der Waals surface area contributed by atoms with Crippen molar-refractivity contribution >= 4 is 31.8 Å². The fraction of sp³-hybridized carbons (Fsp3) is 0.480. The molecule has 184 valence electrons. The molecule has 0 bridgehead atoms. The third-order valence-corrected chi connectivity index (χ3v) is 7.01. The number of aryl methyl sites for hydroxylation is 2. The number of rotatable bonds is 9. The number of halogens is 2. The van der Waals surface area contributed by atoms with Crippen molar-refractivity contribution in [3.8, 4) is 0 Å². The molecule has 1 fully saturated rings. The summed E-state index contributed by atoms with van der Waals surface area (Å²) in [5.41, 5.74) is 4.78. The van der Waals surface area contributed by atoms with Gasteiger partial charge in [0.05, 0.1) is 18.9 Å². The van der Waals surface area contributed by atoms with Crippen LogP contribution in [0.3, 0.4) is 0 Å². The minimum absolute atomic E-state index is 0.0598. The Balaban J connectivity index is 1.66. The maximum atomic E-state index is 15.0. The van der Waals surface area contributed by atoms with E-state index in [4.69, 9.17) is 9.72 Å². The normalized spacial score (nSPS) is 14.6. The summed E-state index contributed by atoms with van der Waals surface area (Å²) >= 11 is 0. The van der Waals surface area contributed by atoms with Gasteiger partial charge in [-0.1, -0.05) is 13.8 Å². The number of nitrogens with zero attached hydrogens (tertiary/aromatic N) is 3. The van der Waals surface area contributed by atoms with Crippen molar-refractivity contribution in [1.82, 2.24) is 14.2 Å². The average Bonchev–Trinajstić information content (AvgIpc) is 3.16.